The number of piperidine rings is 1. The van der Waals surface area contributed by atoms with E-state index in [4.69, 9.17) is 0 Å². The highest BCUT2D eigenvalue weighted by molar-refractivity contribution is 5.85. The molecule has 27 heavy (non-hydrogen) atoms. The summed E-state index contributed by atoms with van der Waals surface area (Å²) >= 11 is 0. The van der Waals surface area contributed by atoms with E-state index < -0.39 is 0 Å². The highest BCUT2D eigenvalue weighted by atomic mass is 15.4. The fourth-order valence-electron chi connectivity index (χ4n) is 3.56. The Kier molecular flexibility index (Phi) is 5.76. The van der Waals surface area contributed by atoms with E-state index in [-0.39, 0.29) is 0 Å². The van der Waals surface area contributed by atoms with Crippen molar-refractivity contribution in [3.63, 3.8) is 0 Å². The van der Waals surface area contributed by atoms with Crippen molar-refractivity contribution < 1.29 is 0 Å². The van der Waals surface area contributed by atoms with Crippen LogP contribution in [0.5, 0.6) is 0 Å². The Morgan fingerprint density at radius 1 is 0.778 bits per heavy atom. The van der Waals surface area contributed by atoms with Gasteiger partial charge in [0.25, 0.3) is 0 Å². The molecule has 2 fully saturated rings. The maximum atomic E-state index is 4.65. The van der Waals surface area contributed by atoms with Crippen molar-refractivity contribution in [3.8, 4) is 0 Å². The Morgan fingerprint density at radius 2 is 1.48 bits per heavy atom. The van der Waals surface area contributed by atoms with E-state index in [0.717, 1.165) is 37.6 Å². The second kappa shape index (κ2) is 8.79. The molecule has 1 saturated heterocycles. The molecule has 2 aliphatic rings. The van der Waals surface area contributed by atoms with Crippen LogP contribution in [0.1, 0.15) is 51.4 Å². The van der Waals surface area contributed by atoms with Gasteiger partial charge in [0.05, 0.1) is 0 Å². The molecule has 2 aromatic rings. The van der Waals surface area contributed by atoms with Crippen LogP contribution in [0, 0.1) is 0 Å². The summed E-state index contributed by atoms with van der Waals surface area (Å²) in [4.78, 5) is 16.0. The molecule has 4 rings (SSSR count). The molecule has 1 aliphatic carbocycles. The van der Waals surface area contributed by atoms with E-state index in [1.54, 1.807) is 0 Å². The van der Waals surface area contributed by atoms with Crippen molar-refractivity contribution in [2.75, 3.05) is 28.7 Å². The zero-order valence-corrected chi connectivity index (χ0v) is 15.7. The number of rotatable bonds is 5. The molecular formula is C20H27N7. The summed E-state index contributed by atoms with van der Waals surface area (Å²) in [6.45, 7) is 1.98. The minimum absolute atomic E-state index is 0.502. The second-order valence-corrected chi connectivity index (χ2v) is 7.17. The minimum Gasteiger partial charge on any atom is -0.341 e. The van der Waals surface area contributed by atoms with E-state index in [0.29, 0.717) is 11.9 Å². The molecule has 7 nitrogen and oxygen atoms in total. The number of anilines is 4. The van der Waals surface area contributed by atoms with Gasteiger partial charge in [-0.05, 0) is 57.1 Å². The lowest BCUT2D eigenvalue weighted by molar-refractivity contribution is 0.568. The fourth-order valence-corrected chi connectivity index (χ4v) is 3.56. The SMILES string of the molecule is c1ccc(Nc2nc(NN=C3CCCCC3)nc(N3CCCCC3)n2)cc1. The number of para-hydroxylation sites is 1. The Morgan fingerprint density at radius 3 is 2.26 bits per heavy atom. The van der Waals surface area contributed by atoms with E-state index in [2.05, 4.69) is 35.7 Å². The van der Waals surface area contributed by atoms with Crippen LogP contribution >= 0.6 is 0 Å². The summed E-state index contributed by atoms with van der Waals surface area (Å²) in [5.74, 6) is 1.76. The number of benzene rings is 1. The average molecular weight is 365 g/mol. The van der Waals surface area contributed by atoms with Crippen LogP contribution in [-0.2, 0) is 0 Å². The Labute approximate surface area is 160 Å². The Hall–Kier alpha value is -2.70. The molecule has 1 aliphatic heterocycles. The summed E-state index contributed by atoms with van der Waals surface area (Å²) in [5, 5.41) is 7.84. The zero-order chi connectivity index (χ0) is 18.3. The van der Waals surface area contributed by atoms with Crippen LogP contribution < -0.4 is 15.6 Å². The molecule has 0 atom stereocenters. The number of nitrogens with one attached hydrogen (secondary N) is 2. The molecule has 0 amide bonds. The highest BCUT2D eigenvalue weighted by Gasteiger charge is 2.16. The molecule has 0 radical (unpaired) electrons. The Bertz CT molecular complexity index is 761. The topological polar surface area (TPSA) is 78.3 Å². The van der Waals surface area contributed by atoms with Gasteiger partial charge in [-0.25, -0.2) is 5.43 Å². The summed E-state index contributed by atoms with van der Waals surface area (Å²) in [6.07, 6.45) is 9.49. The maximum absolute atomic E-state index is 4.65. The first-order chi connectivity index (χ1) is 13.4. The first kappa shape index (κ1) is 17.7. The van der Waals surface area contributed by atoms with Gasteiger partial charge in [0.1, 0.15) is 0 Å². The number of hydrogen-bond acceptors (Lipinski definition) is 7. The number of aromatic nitrogens is 3. The zero-order valence-electron chi connectivity index (χ0n) is 15.7. The van der Waals surface area contributed by atoms with Gasteiger partial charge in [0.2, 0.25) is 17.8 Å². The quantitative estimate of drug-likeness (QED) is 0.768. The molecule has 0 unspecified atom stereocenters. The van der Waals surface area contributed by atoms with Gasteiger partial charge in [0.15, 0.2) is 0 Å². The first-order valence-corrected chi connectivity index (χ1v) is 10.0. The third kappa shape index (κ3) is 4.93. The molecule has 1 saturated carbocycles. The molecule has 1 aromatic carbocycles. The van der Waals surface area contributed by atoms with Crippen LogP contribution in [0.4, 0.5) is 23.5 Å². The number of nitrogens with zero attached hydrogens (tertiary/aromatic N) is 5. The van der Waals surface area contributed by atoms with Crippen LogP contribution in [-0.4, -0.2) is 33.8 Å². The van der Waals surface area contributed by atoms with Crippen LogP contribution in [0.2, 0.25) is 0 Å². The van der Waals surface area contributed by atoms with Crippen molar-refractivity contribution in [2.45, 2.75) is 51.4 Å². The monoisotopic (exact) mass is 365 g/mol. The third-order valence-corrected chi connectivity index (χ3v) is 5.04. The maximum Gasteiger partial charge on any atom is 0.250 e. The summed E-state index contributed by atoms with van der Waals surface area (Å²) in [5.41, 5.74) is 5.24. The van der Waals surface area contributed by atoms with Crippen LogP contribution in [0.25, 0.3) is 0 Å². The van der Waals surface area contributed by atoms with Gasteiger partial charge in [-0.2, -0.15) is 20.1 Å². The summed E-state index contributed by atoms with van der Waals surface area (Å²) in [7, 11) is 0. The van der Waals surface area contributed by atoms with E-state index in [9.17, 15) is 0 Å². The van der Waals surface area contributed by atoms with Gasteiger partial charge >= 0.3 is 0 Å². The smallest absolute Gasteiger partial charge is 0.250 e. The second-order valence-electron chi connectivity index (χ2n) is 7.17. The number of hydrogen-bond donors (Lipinski definition) is 2. The van der Waals surface area contributed by atoms with Crippen molar-refractivity contribution >= 4 is 29.2 Å². The van der Waals surface area contributed by atoms with E-state index in [1.165, 1.54) is 44.2 Å². The lowest BCUT2D eigenvalue weighted by atomic mass is 9.99. The molecule has 0 spiro atoms. The average Bonchev–Trinajstić information content (AvgIpc) is 2.74. The normalized spacial score (nSPS) is 17.5. The van der Waals surface area contributed by atoms with Crippen molar-refractivity contribution in [2.24, 2.45) is 5.10 Å². The molecular weight excluding hydrogens is 338 g/mol. The highest BCUT2D eigenvalue weighted by Crippen LogP contribution is 2.21. The van der Waals surface area contributed by atoms with E-state index in [1.807, 2.05) is 30.3 Å². The lowest BCUT2D eigenvalue weighted by Crippen LogP contribution is -2.31. The first-order valence-electron chi connectivity index (χ1n) is 10.0. The van der Waals surface area contributed by atoms with Crippen LogP contribution in [0.3, 0.4) is 0 Å². The molecule has 142 valence electrons. The van der Waals surface area contributed by atoms with Gasteiger partial charge in [-0.15, -0.1) is 0 Å². The standard InChI is InChI=1S/C20H27N7/c1-4-10-16(11-5-1)21-18-22-19(26-25-17-12-6-2-7-13-17)24-20(23-18)27-14-8-3-9-15-27/h1,4-5,10-11H,2-3,6-9,12-15H2,(H2,21,22,23,24,26). The number of hydrazone groups is 1. The third-order valence-electron chi connectivity index (χ3n) is 5.04. The predicted molar refractivity (Wildman–Crippen MR) is 110 cm³/mol. The van der Waals surface area contributed by atoms with Crippen molar-refractivity contribution in [1.82, 2.24) is 15.0 Å². The molecule has 0 bridgehead atoms. The van der Waals surface area contributed by atoms with Gasteiger partial charge < -0.3 is 10.2 Å². The molecule has 1 aromatic heterocycles. The predicted octanol–water partition coefficient (Wildman–Crippen LogP) is 4.34. The van der Waals surface area contributed by atoms with Gasteiger partial charge in [-0.3, -0.25) is 0 Å². The lowest BCUT2D eigenvalue weighted by Gasteiger charge is -2.26. The largest absolute Gasteiger partial charge is 0.341 e. The summed E-state index contributed by atoms with van der Waals surface area (Å²) in [6, 6.07) is 9.97. The van der Waals surface area contributed by atoms with Gasteiger partial charge in [0, 0.05) is 24.5 Å². The summed E-state index contributed by atoms with van der Waals surface area (Å²) < 4.78 is 0. The van der Waals surface area contributed by atoms with Crippen LogP contribution in [0.15, 0.2) is 35.4 Å². The van der Waals surface area contributed by atoms with E-state index >= 15 is 0 Å². The van der Waals surface area contributed by atoms with Crippen molar-refractivity contribution in [1.29, 1.82) is 0 Å². The Balaban J connectivity index is 1.57. The minimum atomic E-state index is 0.502. The molecule has 2 N–H and O–H groups in total. The van der Waals surface area contributed by atoms with Crippen molar-refractivity contribution in [3.05, 3.63) is 30.3 Å². The fraction of sp³-hybridized carbons (Fsp3) is 0.500. The van der Waals surface area contributed by atoms with Gasteiger partial charge in [-0.1, -0.05) is 24.6 Å². The molecule has 7 heteroatoms. The molecule has 2 heterocycles.